The number of rotatable bonds is 4. The molecule has 6 heteroatoms. The number of aliphatic hydroxyl groups is 1. The molecule has 0 fully saturated rings. The van der Waals surface area contributed by atoms with Gasteiger partial charge in [-0.1, -0.05) is 6.07 Å². The van der Waals surface area contributed by atoms with Crippen molar-refractivity contribution in [2.45, 2.75) is 5.92 Å². The molecule has 1 aromatic carbocycles. The van der Waals surface area contributed by atoms with E-state index in [1.54, 1.807) is 0 Å². The molecule has 0 saturated heterocycles. The number of benzene rings is 1. The van der Waals surface area contributed by atoms with Crippen molar-refractivity contribution in [1.29, 1.82) is 0 Å². The van der Waals surface area contributed by atoms with Gasteiger partial charge in [0.25, 0.3) is 11.8 Å². The van der Waals surface area contributed by atoms with Crippen LogP contribution in [0.25, 0.3) is 0 Å². The predicted octanol–water partition coefficient (Wildman–Crippen LogP) is 1.18. The Morgan fingerprint density at radius 2 is 2.12 bits per heavy atom. The molecule has 0 radical (unpaired) electrons. The van der Waals surface area contributed by atoms with Gasteiger partial charge in [0.2, 0.25) is 0 Å². The van der Waals surface area contributed by atoms with Gasteiger partial charge >= 0.3 is 0 Å². The third-order valence-electron chi connectivity index (χ3n) is 1.83. The molecule has 0 atom stereocenters. The second kappa shape index (κ2) is 4.98. The van der Waals surface area contributed by atoms with Crippen LogP contribution in [0.5, 0.6) is 0 Å². The summed E-state index contributed by atoms with van der Waals surface area (Å²) < 4.78 is 37.8. The van der Waals surface area contributed by atoms with Crippen LogP contribution in [0, 0.1) is 5.82 Å². The summed E-state index contributed by atoms with van der Waals surface area (Å²) in [6, 6.07) is 4.68. The first-order valence-corrected chi connectivity index (χ1v) is 4.47. The highest BCUT2D eigenvalue weighted by Gasteiger charge is 2.28. The highest BCUT2D eigenvalue weighted by Crippen LogP contribution is 2.10. The fourth-order valence-corrected chi connectivity index (χ4v) is 0.997. The van der Waals surface area contributed by atoms with Crippen LogP contribution in [0.2, 0.25) is 0 Å². The maximum Gasteiger partial charge on any atom is 0.287 e. The zero-order valence-corrected chi connectivity index (χ0v) is 8.21. The number of halogens is 3. The number of hydrogen-bond donors (Lipinski definition) is 2. The Labute approximate surface area is 89.9 Å². The molecule has 0 aliphatic carbocycles. The largest absolute Gasteiger partial charge is 0.390 e. The minimum Gasteiger partial charge on any atom is -0.390 e. The first kappa shape index (κ1) is 12.5. The molecule has 0 aliphatic heterocycles. The quantitative estimate of drug-likeness (QED) is 0.820. The third-order valence-corrected chi connectivity index (χ3v) is 1.83. The zero-order chi connectivity index (χ0) is 12.2. The number of nitrogens with one attached hydrogen (secondary N) is 1. The van der Waals surface area contributed by atoms with Crippen molar-refractivity contribution in [2.24, 2.45) is 0 Å². The Balaban J connectivity index is 2.60. The molecule has 1 amide bonds. The first-order chi connectivity index (χ1) is 7.44. The Hall–Kier alpha value is -1.56. The van der Waals surface area contributed by atoms with Gasteiger partial charge in [-0.15, -0.1) is 0 Å². The predicted molar refractivity (Wildman–Crippen MR) is 50.8 cm³/mol. The van der Waals surface area contributed by atoms with Crippen LogP contribution in [0.15, 0.2) is 24.3 Å². The lowest BCUT2D eigenvalue weighted by molar-refractivity contribution is -0.0462. The van der Waals surface area contributed by atoms with Gasteiger partial charge in [-0.2, -0.15) is 0 Å². The van der Waals surface area contributed by atoms with E-state index in [2.05, 4.69) is 0 Å². The van der Waals surface area contributed by atoms with Gasteiger partial charge in [-0.05, 0) is 18.2 Å². The van der Waals surface area contributed by atoms with Crippen LogP contribution < -0.4 is 5.32 Å². The van der Waals surface area contributed by atoms with Crippen LogP contribution in [0.4, 0.5) is 13.2 Å². The highest BCUT2D eigenvalue weighted by molar-refractivity contribution is 5.94. The topological polar surface area (TPSA) is 49.3 Å². The lowest BCUT2D eigenvalue weighted by Gasteiger charge is -2.13. The van der Waals surface area contributed by atoms with Gasteiger partial charge in [-0.25, -0.2) is 13.2 Å². The molecule has 1 aromatic rings. The highest BCUT2D eigenvalue weighted by atomic mass is 19.3. The monoisotopic (exact) mass is 233 g/mol. The molecule has 0 spiro atoms. The van der Waals surface area contributed by atoms with Crippen molar-refractivity contribution >= 4 is 5.91 Å². The lowest BCUT2D eigenvalue weighted by atomic mass is 10.2. The second-order valence-electron chi connectivity index (χ2n) is 3.21. The van der Waals surface area contributed by atoms with E-state index in [1.165, 1.54) is 12.1 Å². The van der Waals surface area contributed by atoms with Crippen LogP contribution in [-0.4, -0.2) is 30.1 Å². The van der Waals surface area contributed by atoms with E-state index < -0.39 is 30.8 Å². The fourth-order valence-electron chi connectivity index (χ4n) is 0.997. The van der Waals surface area contributed by atoms with E-state index in [9.17, 15) is 18.0 Å². The summed E-state index contributed by atoms with van der Waals surface area (Å²) in [6.07, 6.45) is 0. The minimum absolute atomic E-state index is 0.0475. The maximum atomic E-state index is 12.7. The molecule has 0 saturated carbocycles. The molecular formula is C10H10F3NO2. The average Bonchev–Trinajstić information content (AvgIpc) is 2.26. The standard InChI is InChI=1S/C10H10F3NO2/c11-8-3-1-2-7(4-8)9(16)14-5-10(12,13)6-15/h1-4,15H,5-6H2,(H,14,16). The molecule has 0 unspecified atom stereocenters. The minimum atomic E-state index is -3.37. The van der Waals surface area contributed by atoms with Crippen LogP contribution in [0.1, 0.15) is 10.4 Å². The third kappa shape index (κ3) is 3.54. The summed E-state index contributed by atoms with van der Waals surface area (Å²) in [5, 5.41) is 10.2. The Bertz CT molecular complexity index is 382. The fraction of sp³-hybridized carbons (Fsp3) is 0.300. The first-order valence-electron chi connectivity index (χ1n) is 4.47. The van der Waals surface area contributed by atoms with E-state index in [4.69, 9.17) is 5.11 Å². The summed E-state index contributed by atoms with van der Waals surface area (Å²) >= 11 is 0. The van der Waals surface area contributed by atoms with Crippen molar-refractivity contribution in [3.05, 3.63) is 35.6 Å². The second-order valence-corrected chi connectivity index (χ2v) is 3.21. The van der Waals surface area contributed by atoms with Crippen molar-refractivity contribution in [1.82, 2.24) is 5.32 Å². The summed E-state index contributed by atoms with van der Waals surface area (Å²) in [5.74, 6) is -4.81. The number of aliphatic hydroxyl groups excluding tert-OH is 1. The molecular weight excluding hydrogens is 223 g/mol. The normalized spacial score (nSPS) is 11.2. The van der Waals surface area contributed by atoms with Gasteiger partial charge in [0.05, 0.1) is 6.54 Å². The Morgan fingerprint density at radius 1 is 1.44 bits per heavy atom. The van der Waals surface area contributed by atoms with Crippen molar-refractivity contribution in [3.63, 3.8) is 0 Å². The molecule has 3 nitrogen and oxygen atoms in total. The number of hydrogen-bond acceptors (Lipinski definition) is 2. The maximum absolute atomic E-state index is 12.7. The van der Waals surface area contributed by atoms with Crippen LogP contribution >= 0.6 is 0 Å². The van der Waals surface area contributed by atoms with Gasteiger partial charge in [0.15, 0.2) is 0 Å². The van der Waals surface area contributed by atoms with Crippen molar-refractivity contribution < 1.29 is 23.1 Å². The van der Waals surface area contributed by atoms with E-state index in [0.29, 0.717) is 0 Å². The Morgan fingerprint density at radius 3 is 2.69 bits per heavy atom. The Kier molecular flexibility index (Phi) is 3.89. The number of carbonyl (C=O) groups is 1. The van der Waals surface area contributed by atoms with Crippen molar-refractivity contribution in [3.8, 4) is 0 Å². The SMILES string of the molecule is O=C(NCC(F)(F)CO)c1cccc(F)c1. The van der Waals surface area contributed by atoms with E-state index in [1.807, 2.05) is 5.32 Å². The average molecular weight is 233 g/mol. The van der Waals surface area contributed by atoms with E-state index in [0.717, 1.165) is 12.1 Å². The van der Waals surface area contributed by atoms with Crippen LogP contribution in [0.3, 0.4) is 0 Å². The molecule has 88 valence electrons. The van der Waals surface area contributed by atoms with Gasteiger partial charge < -0.3 is 10.4 Å². The molecule has 2 N–H and O–H groups in total. The zero-order valence-electron chi connectivity index (χ0n) is 8.21. The molecule has 0 aromatic heterocycles. The molecule has 0 aliphatic rings. The van der Waals surface area contributed by atoms with Gasteiger partial charge in [0.1, 0.15) is 12.4 Å². The van der Waals surface area contributed by atoms with Crippen LogP contribution in [-0.2, 0) is 0 Å². The number of alkyl halides is 2. The number of carbonyl (C=O) groups excluding carboxylic acids is 1. The number of amides is 1. The molecule has 0 heterocycles. The molecule has 0 bridgehead atoms. The van der Waals surface area contributed by atoms with E-state index >= 15 is 0 Å². The summed E-state index contributed by atoms with van der Waals surface area (Å²) in [5.41, 5.74) is -0.0475. The lowest BCUT2D eigenvalue weighted by Crippen LogP contribution is -2.38. The van der Waals surface area contributed by atoms with Gasteiger partial charge in [0, 0.05) is 5.56 Å². The summed E-state index contributed by atoms with van der Waals surface area (Å²) in [7, 11) is 0. The summed E-state index contributed by atoms with van der Waals surface area (Å²) in [4.78, 5) is 11.3. The molecule has 16 heavy (non-hydrogen) atoms. The van der Waals surface area contributed by atoms with Crippen molar-refractivity contribution in [2.75, 3.05) is 13.2 Å². The molecule has 1 rings (SSSR count). The van der Waals surface area contributed by atoms with Gasteiger partial charge in [-0.3, -0.25) is 4.79 Å². The van der Waals surface area contributed by atoms with E-state index in [-0.39, 0.29) is 5.56 Å². The summed E-state index contributed by atoms with van der Waals surface area (Å²) in [6.45, 7) is -2.34. The smallest absolute Gasteiger partial charge is 0.287 e.